The summed E-state index contributed by atoms with van der Waals surface area (Å²) in [5.74, 6) is 2.54. The lowest BCUT2D eigenvalue weighted by Gasteiger charge is -2.34. The second kappa shape index (κ2) is 11.7. The summed E-state index contributed by atoms with van der Waals surface area (Å²) in [6, 6.07) is 16.7. The van der Waals surface area contributed by atoms with Gasteiger partial charge >= 0.3 is 0 Å². The van der Waals surface area contributed by atoms with Crippen LogP contribution in [0.5, 0.6) is 0 Å². The van der Waals surface area contributed by atoms with Gasteiger partial charge in [0, 0.05) is 10.9 Å². The summed E-state index contributed by atoms with van der Waals surface area (Å²) in [6.07, 6.45) is 13.8. The van der Waals surface area contributed by atoms with Gasteiger partial charge in [0.1, 0.15) is 6.17 Å². The topological polar surface area (TPSA) is 0 Å². The number of alkyl halides is 1. The van der Waals surface area contributed by atoms with Gasteiger partial charge < -0.3 is 0 Å². The molecule has 0 aliphatic heterocycles. The molecule has 0 amide bonds. The summed E-state index contributed by atoms with van der Waals surface area (Å²) in [7, 11) is 0. The Morgan fingerprint density at radius 2 is 1.44 bits per heavy atom. The second-order valence-electron chi connectivity index (χ2n) is 10.5. The summed E-state index contributed by atoms with van der Waals surface area (Å²) in [5, 5.41) is 0.778. The molecule has 2 aromatic rings. The monoisotopic (exact) mass is 454 g/mol. The van der Waals surface area contributed by atoms with Crippen molar-refractivity contribution in [2.45, 2.75) is 96.1 Å². The molecule has 0 saturated heterocycles. The first-order chi connectivity index (χ1) is 15.6. The summed E-state index contributed by atoms with van der Waals surface area (Å²) in [5.41, 5.74) is 3.87. The molecule has 0 aromatic heterocycles. The van der Waals surface area contributed by atoms with Gasteiger partial charge in [0.15, 0.2) is 0 Å². The second-order valence-corrected chi connectivity index (χ2v) is 10.9. The highest BCUT2D eigenvalue weighted by Crippen LogP contribution is 2.42. The quantitative estimate of drug-likeness (QED) is 0.372. The number of aryl methyl sites for hydroxylation is 2. The highest BCUT2D eigenvalue weighted by atomic mass is 35.5. The Morgan fingerprint density at radius 3 is 2.16 bits per heavy atom. The van der Waals surface area contributed by atoms with E-state index in [0.717, 1.165) is 42.5 Å². The molecular formula is C30H40ClF. The third kappa shape index (κ3) is 6.37. The summed E-state index contributed by atoms with van der Waals surface area (Å²) < 4.78 is 15.4. The minimum atomic E-state index is -0.693. The van der Waals surface area contributed by atoms with E-state index in [2.05, 4.69) is 43.3 Å². The van der Waals surface area contributed by atoms with Crippen molar-refractivity contribution in [2.75, 3.05) is 0 Å². The van der Waals surface area contributed by atoms with Gasteiger partial charge in [-0.05, 0) is 78.7 Å². The molecule has 32 heavy (non-hydrogen) atoms. The average Bonchev–Trinajstić information content (AvgIpc) is 2.83. The van der Waals surface area contributed by atoms with E-state index in [1.54, 1.807) is 0 Å². The molecule has 0 radical (unpaired) electrons. The van der Waals surface area contributed by atoms with Crippen molar-refractivity contribution >= 4 is 11.6 Å². The van der Waals surface area contributed by atoms with Gasteiger partial charge in [-0.15, -0.1) is 0 Å². The fourth-order valence-electron chi connectivity index (χ4n) is 6.26. The van der Waals surface area contributed by atoms with Crippen LogP contribution in [0.15, 0.2) is 48.5 Å². The molecule has 2 aliphatic carbocycles. The van der Waals surface area contributed by atoms with Crippen LogP contribution in [0.25, 0.3) is 0 Å². The number of hydrogen-bond acceptors (Lipinski definition) is 0. The first-order valence-electron chi connectivity index (χ1n) is 13.1. The smallest absolute Gasteiger partial charge is 0.107 e. The average molecular weight is 455 g/mol. The Morgan fingerprint density at radius 1 is 0.781 bits per heavy atom. The van der Waals surface area contributed by atoms with Crippen molar-refractivity contribution in [3.05, 3.63) is 70.2 Å². The van der Waals surface area contributed by atoms with Gasteiger partial charge in [-0.1, -0.05) is 99.9 Å². The molecule has 2 saturated carbocycles. The van der Waals surface area contributed by atoms with Gasteiger partial charge in [0.25, 0.3) is 0 Å². The zero-order chi connectivity index (χ0) is 22.3. The minimum Gasteiger partial charge on any atom is -0.247 e. The maximum Gasteiger partial charge on any atom is 0.107 e. The lowest BCUT2D eigenvalue weighted by Crippen LogP contribution is -2.26. The molecule has 2 heteroatoms. The first kappa shape index (κ1) is 23.8. The Labute approximate surface area is 200 Å². The molecule has 3 atom stereocenters. The molecule has 0 bridgehead atoms. The van der Waals surface area contributed by atoms with Crippen molar-refractivity contribution in [1.82, 2.24) is 0 Å². The summed E-state index contributed by atoms with van der Waals surface area (Å²) in [6.45, 7) is 2.33. The Hall–Kier alpha value is -1.34. The van der Waals surface area contributed by atoms with E-state index in [1.807, 2.05) is 12.1 Å². The van der Waals surface area contributed by atoms with Crippen LogP contribution in [-0.2, 0) is 12.8 Å². The molecule has 3 unspecified atom stereocenters. The van der Waals surface area contributed by atoms with Gasteiger partial charge in [0.2, 0.25) is 0 Å². The van der Waals surface area contributed by atoms with Crippen LogP contribution >= 0.6 is 11.6 Å². The SMILES string of the molecule is CC[C@H]1CC[C@H](CCC2CCC(c3ccccc3CCc3ccc(Cl)cc3)C(F)C2)CC1. The molecule has 0 N–H and O–H groups in total. The fraction of sp³-hybridized carbons (Fsp3) is 0.600. The maximum atomic E-state index is 15.4. The molecular weight excluding hydrogens is 415 g/mol. The largest absolute Gasteiger partial charge is 0.247 e. The van der Waals surface area contributed by atoms with Crippen LogP contribution in [0.4, 0.5) is 4.39 Å². The van der Waals surface area contributed by atoms with Crippen molar-refractivity contribution in [3.63, 3.8) is 0 Å². The van der Waals surface area contributed by atoms with E-state index < -0.39 is 6.17 Å². The van der Waals surface area contributed by atoms with E-state index >= 15 is 4.39 Å². The number of rotatable bonds is 8. The normalized spacial score (nSPS) is 28.5. The van der Waals surface area contributed by atoms with Crippen molar-refractivity contribution in [3.8, 4) is 0 Å². The third-order valence-corrected chi connectivity index (χ3v) is 8.71. The summed E-state index contributed by atoms with van der Waals surface area (Å²) >= 11 is 6.02. The van der Waals surface area contributed by atoms with Crippen LogP contribution in [0.1, 0.15) is 93.7 Å². The standard InChI is InChI=1S/C30H40ClF/c1-2-22-7-9-23(10-8-22)11-12-25-16-20-29(30(32)21-25)28-6-4-3-5-26(28)17-13-24-14-18-27(31)19-15-24/h3-6,14-15,18-19,22-23,25,29-30H,2,7-13,16-17,20-21H2,1H3/t22-,23-,25?,29?,30?. The lowest BCUT2D eigenvalue weighted by atomic mass is 9.72. The van der Waals surface area contributed by atoms with Crippen LogP contribution in [0, 0.1) is 17.8 Å². The van der Waals surface area contributed by atoms with Crippen LogP contribution in [0.2, 0.25) is 5.02 Å². The third-order valence-electron chi connectivity index (χ3n) is 8.46. The molecule has 2 fully saturated rings. The molecule has 174 valence electrons. The van der Waals surface area contributed by atoms with E-state index in [1.165, 1.54) is 68.1 Å². The molecule has 4 rings (SSSR count). The molecule has 2 aliphatic rings. The minimum absolute atomic E-state index is 0.0765. The maximum absolute atomic E-state index is 15.4. The highest BCUT2D eigenvalue weighted by molar-refractivity contribution is 6.30. The molecule has 0 nitrogen and oxygen atoms in total. The van der Waals surface area contributed by atoms with E-state index in [4.69, 9.17) is 11.6 Å². The van der Waals surface area contributed by atoms with Crippen molar-refractivity contribution in [1.29, 1.82) is 0 Å². The Balaban J connectivity index is 1.29. The predicted molar refractivity (Wildman–Crippen MR) is 135 cm³/mol. The number of benzene rings is 2. The van der Waals surface area contributed by atoms with E-state index in [-0.39, 0.29) is 5.92 Å². The van der Waals surface area contributed by atoms with Gasteiger partial charge in [-0.3, -0.25) is 0 Å². The Bertz CT molecular complexity index is 821. The fourth-order valence-corrected chi connectivity index (χ4v) is 6.39. The van der Waals surface area contributed by atoms with Crippen LogP contribution < -0.4 is 0 Å². The number of hydrogen-bond donors (Lipinski definition) is 0. The molecule has 0 spiro atoms. The lowest BCUT2D eigenvalue weighted by molar-refractivity contribution is 0.152. The molecule has 0 heterocycles. The Kier molecular flexibility index (Phi) is 8.69. The first-order valence-corrected chi connectivity index (χ1v) is 13.5. The highest BCUT2D eigenvalue weighted by Gasteiger charge is 2.33. The van der Waals surface area contributed by atoms with Crippen molar-refractivity contribution < 1.29 is 4.39 Å². The number of halogens is 2. The zero-order valence-electron chi connectivity index (χ0n) is 19.7. The van der Waals surface area contributed by atoms with Crippen LogP contribution in [-0.4, -0.2) is 6.17 Å². The van der Waals surface area contributed by atoms with Gasteiger partial charge in [0.05, 0.1) is 0 Å². The van der Waals surface area contributed by atoms with Crippen molar-refractivity contribution in [2.24, 2.45) is 17.8 Å². The van der Waals surface area contributed by atoms with E-state index in [9.17, 15) is 0 Å². The molecule has 2 aromatic carbocycles. The summed E-state index contributed by atoms with van der Waals surface area (Å²) in [4.78, 5) is 0. The predicted octanol–water partition coefficient (Wildman–Crippen LogP) is 9.34. The van der Waals surface area contributed by atoms with Crippen LogP contribution in [0.3, 0.4) is 0 Å². The van der Waals surface area contributed by atoms with Gasteiger partial charge in [-0.2, -0.15) is 0 Å². The van der Waals surface area contributed by atoms with Gasteiger partial charge in [-0.25, -0.2) is 4.39 Å². The zero-order valence-corrected chi connectivity index (χ0v) is 20.5. The van der Waals surface area contributed by atoms with E-state index in [0.29, 0.717) is 5.92 Å².